The van der Waals surface area contributed by atoms with Crippen molar-refractivity contribution in [1.29, 1.82) is 0 Å². The molecule has 3 N–H and O–H groups in total. The Kier molecular flexibility index (Phi) is 2.43. The van der Waals surface area contributed by atoms with Crippen LogP contribution in [-0.4, -0.2) is 10.6 Å². The zero-order valence-electron chi connectivity index (χ0n) is 8.89. The Balaban J connectivity index is 2.08. The average Bonchev–Trinajstić information content (AvgIpc) is 2.90. The van der Waals surface area contributed by atoms with Gasteiger partial charge in [-0.1, -0.05) is 0 Å². The minimum absolute atomic E-state index is 0.0169. The summed E-state index contributed by atoms with van der Waals surface area (Å²) in [5, 5.41) is 9.45. The molecule has 1 aliphatic carbocycles. The molecule has 1 saturated carbocycles. The second-order valence-corrected chi connectivity index (χ2v) is 4.58. The number of phenolic OH excluding ortho intramolecular Hbond substituents is 1. The summed E-state index contributed by atoms with van der Waals surface area (Å²) < 4.78 is 13.3. The van der Waals surface area contributed by atoms with Crippen molar-refractivity contribution in [1.82, 2.24) is 0 Å². The van der Waals surface area contributed by atoms with Crippen LogP contribution in [0, 0.1) is 12.7 Å². The second kappa shape index (κ2) is 3.49. The van der Waals surface area contributed by atoms with Crippen LogP contribution in [0.4, 0.5) is 4.39 Å². The van der Waals surface area contributed by atoms with E-state index in [4.69, 9.17) is 5.73 Å². The standard InChI is InChI=1S/C12H16FNO/c1-8-10(13)6-9(7-11(8)15)2-3-12(14)4-5-12/h6-7,15H,2-5,14H2,1H3. The monoisotopic (exact) mass is 209 g/mol. The molecule has 0 aromatic heterocycles. The number of nitrogens with two attached hydrogens (primary N) is 1. The van der Waals surface area contributed by atoms with E-state index in [0.29, 0.717) is 5.56 Å². The fourth-order valence-electron chi connectivity index (χ4n) is 1.67. The maximum Gasteiger partial charge on any atom is 0.130 e. The van der Waals surface area contributed by atoms with Crippen molar-refractivity contribution in [2.24, 2.45) is 5.73 Å². The lowest BCUT2D eigenvalue weighted by atomic mass is 10.0. The van der Waals surface area contributed by atoms with Gasteiger partial charge in [0.1, 0.15) is 11.6 Å². The van der Waals surface area contributed by atoms with Gasteiger partial charge in [0.25, 0.3) is 0 Å². The van der Waals surface area contributed by atoms with Crippen LogP contribution in [0.25, 0.3) is 0 Å². The minimum atomic E-state index is -0.341. The molecule has 2 rings (SSSR count). The van der Waals surface area contributed by atoms with Crippen LogP contribution in [0.15, 0.2) is 12.1 Å². The van der Waals surface area contributed by atoms with Gasteiger partial charge in [-0.3, -0.25) is 0 Å². The molecule has 0 bridgehead atoms. The third kappa shape index (κ3) is 2.29. The molecule has 0 heterocycles. The summed E-state index contributed by atoms with van der Waals surface area (Å²) >= 11 is 0. The Morgan fingerprint density at radius 3 is 2.67 bits per heavy atom. The maximum atomic E-state index is 13.3. The molecule has 15 heavy (non-hydrogen) atoms. The fourth-order valence-corrected chi connectivity index (χ4v) is 1.67. The van der Waals surface area contributed by atoms with Crippen LogP contribution >= 0.6 is 0 Å². The summed E-state index contributed by atoms with van der Waals surface area (Å²) in [6, 6.07) is 3.12. The summed E-state index contributed by atoms with van der Waals surface area (Å²) in [5.41, 5.74) is 7.07. The van der Waals surface area contributed by atoms with E-state index in [9.17, 15) is 9.50 Å². The van der Waals surface area contributed by atoms with E-state index >= 15 is 0 Å². The lowest BCUT2D eigenvalue weighted by Gasteiger charge is -2.09. The van der Waals surface area contributed by atoms with E-state index in [-0.39, 0.29) is 17.1 Å². The molecule has 0 amide bonds. The number of hydrogen-bond donors (Lipinski definition) is 2. The first-order chi connectivity index (χ1) is 7.00. The molecule has 0 spiro atoms. The largest absolute Gasteiger partial charge is 0.508 e. The van der Waals surface area contributed by atoms with Gasteiger partial charge >= 0.3 is 0 Å². The number of phenols is 1. The van der Waals surface area contributed by atoms with Crippen molar-refractivity contribution in [2.75, 3.05) is 0 Å². The summed E-state index contributed by atoms with van der Waals surface area (Å²) in [5.74, 6) is -0.307. The van der Waals surface area contributed by atoms with E-state index in [1.54, 1.807) is 13.0 Å². The van der Waals surface area contributed by atoms with Crippen LogP contribution in [0.5, 0.6) is 5.75 Å². The van der Waals surface area contributed by atoms with Gasteiger partial charge in [-0.05, 0) is 50.3 Å². The van der Waals surface area contributed by atoms with Crippen molar-refractivity contribution in [3.8, 4) is 5.75 Å². The Bertz CT molecular complexity index is 362. The van der Waals surface area contributed by atoms with E-state index in [1.165, 1.54) is 6.07 Å². The Labute approximate surface area is 88.9 Å². The van der Waals surface area contributed by atoms with Gasteiger partial charge in [0.05, 0.1) is 0 Å². The van der Waals surface area contributed by atoms with Gasteiger partial charge in [0.15, 0.2) is 0 Å². The van der Waals surface area contributed by atoms with E-state index in [2.05, 4.69) is 0 Å². The smallest absolute Gasteiger partial charge is 0.130 e. The molecule has 1 fully saturated rings. The quantitative estimate of drug-likeness (QED) is 0.802. The van der Waals surface area contributed by atoms with Crippen LogP contribution in [0.1, 0.15) is 30.4 Å². The van der Waals surface area contributed by atoms with Crippen molar-refractivity contribution in [3.05, 3.63) is 29.1 Å². The molecule has 3 heteroatoms. The van der Waals surface area contributed by atoms with E-state index < -0.39 is 0 Å². The van der Waals surface area contributed by atoms with Crippen LogP contribution in [0.3, 0.4) is 0 Å². The lowest BCUT2D eigenvalue weighted by Crippen LogP contribution is -2.22. The molecule has 0 radical (unpaired) electrons. The summed E-state index contributed by atoms with van der Waals surface area (Å²) in [7, 11) is 0. The topological polar surface area (TPSA) is 46.2 Å². The fraction of sp³-hybridized carbons (Fsp3) is 0.500. The molecule has 1 aromatic rings. The third-order valence-corrected chi connectivity index (χ3v) is 3.18. The van der Waals surface area contributed by atoms with Crippen LogP contribution in [0.2, 0.25) is 0 Å². The highest BCUT2D eigenvalue weighted by atomic mass is 19.1. The molecule has 1 aromatic carbocycles. The Morgan fingerprint density at radius 2 is 2.13 bits per heavy atom. The minimum Gasteiger partial charge on any atom is -0.508 e. The van der Waals surface area contributed by atoms with E-state index in [1.807, 2.05) is 0 Å². The number of halogens is 1. The highest BCUT2D eigenvalue weighted by molar-refractivity contribution is 5.36. The van der Waals surface area contributed by atoms with Crippen molar-refractivity contribution in [3.63, 3.8) is 0 Å². The molecule has 0 atom stereocenters. The van der Waals surface area contributed by atoms with Gasteiger partial charge in [0, 0.05) is 11.1 Å². The van der Waals surface area contributed by atoms with Gasteiger partial charge in [-0.25, -0.2) is 4.39 Å². The normalized spacial score (nSPS) is 17.8. The number of benzene rings is 1. The molecule has 1 aliphatic rings. The van der Waals surface area contributed by atoms with Crippen molar-refractivity contribution in [2.45, 2.75) is 38.1 Å². The first kappa shape index (κ1) is 10.4. The summed E-state index contributed by atoms with van der Waals surface area (Å²) in [6.45, 7) is 1.57. The first-order valence-electron chi connectivity index (χ1n) is 5.27. The van der Waals surface area contributed by atoms with Crippen LogP contribution in [-0.2, 0) is 6.42 Å². The van der Waals surface area contributed by atoms with Gasteiger partial charge in [0.2, 0.25) is 0 Å². The van der Waals surface area contributed by atoms with E-state index in [0.717, 1.165) is 31.2 Å². The zero-order chi connectivity index (χ0) is 11.1. The lowest BCUT2D eigenvalue weighted by molar-refractivity contribution is 0.461. The molecule has 0 unspecified atom stereocenters. The predicted octanol–water partition coefficient (Wildman–Crippen LogP) is 2.26. The number of aryl methyl sites for hydroxylation is 1. The number of hydrogen-bond acceptors (Lipinski definition) is 2. The average molecular weight is 209 g/mol. The number of aromatic hydroxyl groups is 1. The highest BCUT2D eigenvalue weighted by Crippen LogP contribution is 2.37. The third-order valence-electron chi connectivity index (χ3n) is 3.18. The Hall–Kier alpha value is -1.09. The second-order valence-electron chi connectivity index (χ2n) is 4.58. The van der Waals surface area contributed by atoms with Gasteiger partial charge in [-0.2, -0.15) is 0 Å². The zero-order valence-corrected chi connectivity index (χ0v) is 8.89. The Morgan fingerprint density at radius 1 is 1.47 bits per heavy atom. The van der Waals surface area contributed by atoms with Crippen LogP contribution < -0.4 is 5.73 Å². The predicted molar refractivity (Wildman–Crippen MR) is 57.3 cm³/mol. The summed E-state index contributed by atoms with van der Waals surface area (Å²) in [6.07, 6.45) is 3.73. The SMILES string of the molecule is Cc1c(O)cc(CCC2(N)CC2)cc1F. The molecular formula is C12H16FNO. The first-order valence-corrected chi connectivity index (χ1v) is 5.27. The maximum absolute atomic E-state index is 13.3. The molecule has 82 valence electrons. The van der Waals surface area contributed by atoms with Crippen molar-refractivity contribution < 1.29 is 9.50 Å². The van der Waals surface area contributed by atoms with Gasteiger partial charge in [-0.15, -0.1) is 0 Å². The van der Waals surface area contributed by atoms with Crippen molar-refractivity contribution >= 4 is 0 Å². The summed E-state index contributed by atoms with van der Waals surface area (Å²) in [4.78, 5) is 0. The number of rotatable bonds is 3. The molecule has 0 saturated heterocycles. The molecule has 2 nitrogen and oxygen atoms in total. The highest BCUT2D eigenvalue weighted by Gasteiger charge is 2.37. The molecule has 0 aliphatic heterocycles. The molecular weight excluding hydrogens is 193 g/mol. The van der Waals surface area contributed by atoms with Gasteiger partial charge < -0.3 is 10.8 Å².